The van der Waals surface area contributed by atoms with Gasteiger partial charge in [-0.2, -0.15) is 9.97 Å². The lowest BCUT2D eigenvalue weighted by Crippen LogP contribution is -2.47. The van der Waals surface area contributed by atoms with Gasteiger partial charge in [0.15, 0.2) is 22.5 Å². The number of nitrogens with zero attached hydrogens (tertiary/aromatic N) is 4. The largest absolute Gasteiger partial charge is 0.492 e. The first-order valence-corrected chi connectivity index (χ1v) is 14.4. The third kappa shape index (κ3) is 6.14. The van der Waals surface area contributed by atoms with Gasteiger partial charge in [0, 0.05) is 12.3 Å². The van der Waals surface area contributed by atoms with Gasteiger partial charge < -0.3 is 30.7 Å². The first kappa shape index (κ1) is 29.5. The summed E-state index contributed by atoms with van der Waals surface area (Å²) in [6.45, 7) is 6.39. The third-order valence-corrected chi connectivity index (χ3v) is 8.73. The molecule has 2 aliphatic rings. The van der Waals surface area contributed by atoms with Crippen LogP contribution in [0.5, 0.6) is 5.88 Å². The van der Waals surface area contributed by atoms with Crippen LogP contribution in [0, 0.1) is 5.41 Å². The van der Waals surface area contributed by atoms with Crippen molar-refractivity contribution in [3.05, 3.63) is 6.33 Å². The number of fused-ring (bicyclic) bond motifs is 2. The molecule has 0 aromatic carbocycles. The molecule has 0 unspecified atom stereocenters. The van der Waals surface area contributed by atoms with Crippen molar-refractivity contribution in [2.75, 3.05) is 37.9 Å². The molecule has 0 saturated carbocycles. The van der Waals surface area contributed by atoms with E-state index in [1.807, 2.05) is 0 Å². The fourth-order valence-corrected chi connectivity index (χ4v) is 6.46. The van der Waals surface area contributed by atoms with Crippen LogP contribution in [0.25, 0.3) is 11.2 Å². The molecule has 2 saturated heterocycles. The number of alkyl carbamates (subject to hydrolysis) is 1. The molecule has 5 N–H and O–H groups in total. The van der Waals surface area contributed by atoms with Gasteiger partial charge in [-0.1, -0.05) is 25.6 Å². The smallest absolute Gasteiger partial charge is 0.475 e. The van der Waals surface area contributed by atoms with Crippen molar-refractivity contribution in [3.8, 4) is 5.88 Å². The van der Waals surface area contributed by atoms with Gasteiger partial charge >= 0.3 is 13.9 Å². The summed E-state index contributed by atoms with van der Waals surface area (Å²) in [5.41, 5.74) is 3.17. The number of rotatable bonds is 9. The number of nitrogens with two attached hydrogens (primary N) is 1. The Kier molecular flexibility index (Phi) is 8.42. The molecule has 5 atom stereocenters. The van der Waals surface area contributed by atoms with E-state index >= 15 is 0 Å². The normalized spacial score (nSPS) is 28.8. The number of anilines is 1. The summed E-state index contributed by atoms with van der Waals surface area (Å²) in [6, 6.07) is 0. The number of aromatic hydroxyl groups is 1. The number of amides is 1. The number of carbonyl (C=O) groups excluding carboxylic acids is 2. The minimum Gasteiger partial charge on any atom is -0.492 e. The van der Waals surface area contributed by atoms with Crippen molar-refractivity contribution in [1.82, 2.24) is 24.8 Å². The van der Waals surface area contributed by atoms with Crippen molar-refractivity contribution in [3.63, 3.8) is 0 Å². The van der Waals surface area contributed by atoms with Crippen LogP contribution in [0.1, 0.15) is 33.9 Å². The number of aliphatic hydroxyl groups is 1. The summed E-state index contributed by atoms with van der Waals surface area (Å²) in [4.78, 5) is 35.9. The van der Waals surface area contributed by atoms with Crippen LogP contribution in [0.15, 0.2) is 6.33 Å². The first-order valence-electron chi connectivity index (χ1n) is 12.0. The maximum Gasteiger partial charge on any atom is 0.475 e. The summed E-state index contributed by atoms with van der Waals surface area (Å²) in [6.07, 6.45) is -2.36. The molecule has 2 aliphatic heterocycles. The molecule has 4 rings (SSSR count). The Morgan fingerprint density at radius 2 is 2.15 bits per heavy atom. The molecule has 2 aromatic rings. The zero-order valence-corrected chi connectivity index (χ0v) is 23.4. The number of hydrogen-bond acceptors (Lipinski definition) is 15. The molecular weight excluding hydrogens is 559 g/mol. The zero-order valence-electron chi connectivity index (χ0n) is 21.7. The molecule has 16 nitrogen and oxygen atoms in total. The number of hydrogen-bond donors (Lipinski definition) is 4. The Hall–Kier alpha value is -2.53. The van der Waals surface area contributed by atoms with Gasteiger partial charge in [0.25, 0.3) is 0 Å². The molecule has 2 fully saturated rings. The highest BCUT2D eigenvalue weighted by molar-refractivity contribution is 8.13. The van der Waals surface area contributed by atoms with E-state index in [2.05, 4.69) is 20.3 Å². The maximum atomic E-state index is 13.2. The molecular formula is C21H31N6O10PS. The molecule has 4 heterocycles. The lowest BCUT2D eigenvalue weighted by Gasteiger charge is -2.35. The maximum absolute atomic E-state index is 13.2. The Balaban J connectivity index is 1.34. The Labute approximate surface area is 227 Å². The van der Waals surface area contributed by atoms with Crippen LogP contribution in [0.3, 0.4) is 0 Å². The highest BCUT2D eigenvalue weighted by Gasteiger charge is 2.60. The molecule has 1 amide bonds. The highest BCUT2D eigenvalue weighted by atomic mass is 32.2. The number of imidazole rings is 1. The highest BCUT2D eigenvalue weighted by Crippen LogP contribution is 2.58. The fraction of sp³-hybridized carbons (Fsp3) is 0.667. The van der Waals surface area contributed by atoms with Crippen LogP contribution in [0.2, 0.25) is 0 Å². The van der Waals surface area contributed by atoms with E-state index in [4.69, 9.17) is 28.8 Å². The van der Waals surface area contributed by atoms with Crippen LogP contribution < -0.4 is 11.1 Å². The van der Waals surface area contributed by atoms with E-state index in [1.165, 1.54) is 17.8 Å². The molecule has 39 heavy (non-hydrogen) atoms. The molecule has 216 valence electrons. The van der Waals surface area contributed by atoms with Gasteiger partial charge in [0.1, 0.15) is 17.8 Å². The number of thioether (sulfide) groups is 1. The van der Waals surface area contributed by atoms with Crippen LogP contribution in [0.4, 0.5) is 10.7 Å². The average molecular weight is 591 g/mol. The molecule has 18 heteroatoms. The summed E-state index contributed by atoms with van der Waals surface area (Å²) in [5.74, 6) is -0.503. The summed E-state index contributed by atoms with van der Waals surface area (Å²) in [7, 11) is -4.11. The SMILES string of the molecule is CCOC(=O)NCC(C)(C)C(=O)SCCO[P@]1(=O)OC[C@H]2O[C@@H](n3cnc4c(O)nc(N)nc43)[C@](C)(O)[C@@H]2O1. The van der Waals surface area contributed by atoms with E-state index in [-0.39, 0.29) is 54.3 Å². The van der Waals surface area contributed by atoms with Crippen molar-refractivity contribution in [2.24, 2.45) is 5.41 Å². The number of nitrogen functional groups attached to an aromatic ring is 1. The molecule has 0 radical (unpaired) electrons. The van der Waals surface area contributed by atoms with Crippen molar-refractivity contribution in [1.29, 1.82) is 0 Å². The van der Waals surface area contributed by atoms with E-state index < -0.39 is 49.2 Å². The molecule has 2 aromatic heterocycles. The topological polar surface area (TPSA) is 219 Å². The molecule has 0 bridgehead atoms. The number of nitrogens with one attached hydrogen (secondary N) is 1. The average Bonchev–Trinajstić information content (AvgIpc) is 3.38. The quantitative estimate of drug-likeness (QED) is 0.239. The van der Waals surface area contributed by atoms with Crippen molar-refractivity contribution in [2.45, 2.75) is 51.7 Å². The lowest BCUT2D eigenvalue weighted by molar-refractivity contribution is -0.117. The van der Waals surface area contributed by atoms with Gasteiger partial charge in [-0.05, 0) is 13.8 Å². The van der Waals surface area contributed by atoms with Crippen molar-refractivity contribution < 1.29 is 47.4 Å². The van der Waals surface area contributed by atoms with Crippen LogP contribution >= 0.6 is 19.6 Å². The third-order valence-electron chi connectivity index (χ3n) is 6.10. The molecule has 0 aliphatic carbocycles. The van der Waals surface area contributed by atoms with Gasteiger partial charge in [-0.15, -0.1) is 0 Å². The Morgan fingerprint density at radius 1 is 1.41 bits per heavy atom. The monoisotopic (exact) mass is 590 g/mol. The van der Waals surface area contributed by atoms with E-state index in [0.29, 0.717) is 0 Å². The molecule has 0 spiro atoms. The summed E-state index contributed by atoms with van der Waals surface area (Å²) >= 11 is 0.942. The lowest BCUT2D eigenvalue weighted by atomic mass is 9.96. The second kappa shape index (κ2) is 11.2. The Bertz CT molecular complexity index is 1290. The minimum absolute atomic E-state index is 0.0524. The number of aromatic nitrogens is 4. The summed E-state index contributed by atoms with van der Waals surface area (Å²) < 4.78 is 41.6. The number of phosphoric ester groups is 1. The van der Waals surface area contributed by atoms with Gasteiger partial charge in [0.05, 0.1) is 31.6 Å². The fourth-order valence-electron chi connectivity index (χ4n) is 4.06. The van der Waals surface area contributed by atoms with Crippen LogP contribution in [-0.2, 0) is 32.4 Å². The zero-order chi connectivity index (χ0) is 28.6. The van der Waals surface area contributed by atoms with Crippen LogP contribution in [-0.4, -0.2) is 90.9 Å². The van der Waals surface area contributed by atoms with Crippen molar-refractivity contribution >= 4 is 47.9 Å². The number of ether oxygens (including phenoxy) is 2. The van der Waals surface area contributed by atoms with Gasteiger partial charge in [0.2, 0.25) is 11.8 Å². The van der Waals surface area contributed by atoms with Gasteiger partial charge in [-0.3, -0.25) is 22.9 Å². The Morgan fingerprint density at radius 3 is 2.87 bits per heavy atom. The predicted molar refractivity (Wildman–Crippen MR) is 137 cm³/mol. The van der Waals surface area contributed by atoms with E-state index in [9.17, 15) is 24.4 Å². The second-order valence-corrected chi connectivity index (χ2v) is 12.4. The first-order chi connectivity index (χ1) is 18.3. The van der Waals surface area contributed by atoms with Gasteiger partial charge in [-0.25, -0.2) is 14.3 Å². The van der Waals surface area contributed by atoms with E-state index in [0.717, 1.165) is 11.8 Å². The standard InChI is InChI=1S/C21H31N6O10PS/c1-5-33-19(30)23-9-20(2,3)17(29)39-7-6-34-38(32)35-8-11-13(37-38)21(4,31)16(36-11)27-10-24-12-14(27)25-18(22)26-15(12)28/h10-11,13,16,31H,5-9H2,1-4H3,(H,23,30)(H3,22,25,26,28)/t11-,13-,16-,21-,38-/m1/s1. The number of phosphoric acid groups is 1. The number of carbonyl (C=O) groups is 2. The minimum atomic E-state index is -4.11. The predicted octanol–water partition coefficient (Wildman–Crippen LogP) is 1.33. The summed E-state index contributed by atoms with van der Waals surface area (Å²) in [5, 5.41) is 23.7. The second-order valence-electron chi connectivity index (χ2n) is 9.68. The van der Waals surface area contributed by atoms with E-state index in [1.54, 1.807) is 20.8 Å².